The van der Waals surface area contributed by atoms with Gasteiger partial charge in [-0.1, -0.05) is 6.07 Å². The van der Waals surface area contributed by atoms with Gasteiger partial charge in [-0.2, -0.15) is 0 Å². The maximum atomic E-state index is 13.2. The summed E-state index contributed by atoms with van der Waals surface area (Å²) in [7, 11) is 6.66. The second-order valence-electron chi connectivity index (χ2n) is 12.5. The van der Waals surface area contributed by atoms with E-state index in [2.05, 4.69) is 16.3 Å². The van der Waals surface area contributed by atoms with E-state index in [1.165, 1.54) is 0 Å². The van der Waals surface area contributed by atoms with Gasteiger partial charge in [-0.3, -0.25) is 9.69 Å². The highest BCUT2D eigenvalue weighted by molar-refractivity contribution is 5.76. The maximum Gasteiger partial charge on any atom is 0.222 e. The summed E-state index contributed by atoms with van der Waals surface area (Å²) in [6.45, 7) is 6.14. The van der Waals surface area contributed by atoms with Gasteiger partial charge in [0.2, 0.25) is 5.91 Å². The number of amides is 1. The third kappa shape index (κ3) is 15.6. The number of allylic oxidation sites excluding steroid dienone is 1. The molecule has 1 aromatic rings. The summed E-state index contributed by atoms with van der Waals surface area (Å²) in [6, 6.07) is 5.90. The number of aliphatic hydroxyl groups is 1. The number of nitrogens with zero attached hydrogens (tertiary/aromatic N) is 2. The number of ether oxygens (including phenoxy) is 4. The van der Waals surface area contributed by atoms with Crippen LogP contribution in [0.15, 0.2) is 30.0 Å². The van der Waals surface area contributed by atoms with Crippen LogP contribution in [0.4, 0.5) is 0 Å². The van der Waals surface area contributed by atoms with Crippen molar-refractivity contribution in [1.29, 1.82) is 0 Å². The van der Waals surface area contributed by atoms with Gasteiger partial charge in [0.1, 0.15) is 18.1 Å². The fraction of sp³-hybridized carbons (Fsp3) is 0.750. The van der Waals surface area contributed by atoms with Crippen molar-refractivity contribution in [3.05, 3.63) is 35.6 Å². The molecule has 47 heavy (non-hydrogen) atoms. The smallest absolute Gasteiger partial charge is 0.222 e. The number of hydrogen-bond donors (Lipinski definition) is 4. The van der Waals surface area contributed by atoms with Crippen LogP contribution in [0.5, 0.6) is 11.5 Å². The lowest BCUT2D eigenvalue weighted by molar-refractivity contribution is -0.131. The Morgan fingerprint density at radius 2 is 1.57 bits per heavy atom. The first-order chi connectivity index (χ1) is 22.9. The first-order valence-electron chi connectivity index (χ1n) is 17.7. The summed E-state index contributed by atoms with van der Waals surface area (Å²) in [6.07, 6.45) is 11.8. The van der Waals surface area contributed by atoms with Gasteiger partial charge in [0, 0.05) is 39.7 Å². The molecule has 0 heterocycles. The van der Waals surface area contributed by atoms with Crippen molar-refractivity contribution < 1.29 is 28.8 Å². The lowest BCUT2D eigenvalue weighted by atomic mass is 9.87. The average molecular weight is 664 g/mol. The van der Waals surface area contributed by atoms with Crippen molar-refractivity contribution in [2.45, 2.75) is 89.4 Å². The van der Waals surface area contributed by atoms with Crippen molar-refractivity contribution in [2.24, 2.45) is 17.4 Å². The molecule has 3 atom stereocenters. The fourth-order valence-electron chi connectivity index (χ4n) is 6.20. The molecule has 0 fully saturated rings. The van der Waals surface area contributed by atoms with E-state index in [-0.39, 0.29) is 12.0 Å². The number of unbranched alkanes of at least 4 members (excludes halogenated alkanes) is 2. The molecule has 1 aliphatic carbocycles. The van der Waals surface area contributed by atoms with Crippen LogP contribution >= 0.6 is 0 Å². The van der Waals surface area contributed by atoms with Crippen LogP contribution in [0.25, 0.3) is 0 Å². The van der Waals surface area contributed by atoms with Crippen LogP contribution < -0.4 is 26.3 Å². The Bertz CT molecular complexity index is 1010. The lowest BCUT2D eigenvalue weighted by Gasteiger charge is -2.29. The first kappa shape index (κ1) is 40.8. The number of nitrogens with two attached hydrogens (primary N) is 2. The summed E-state index contributed by atoms with van der Waals surface area (Å²) >= 11 is 0. The number of aryl methyl sites for hydroxylation is 1. The highest BCUT2D eigenvalue weighted by atomic mass is 16.5. The van der Waals surface area contributed by atoms with Crippen LogP contribution in [0.1, 0.15) is 76.2 Å². The van der Waals surface area contributed by atoms with Crippen LogP contribution in [0.2, 0.25) is 0 Å². The minimum Gasteiger partial charge on any atom is -0.499 e. The highest BCUT2D eigenvalue weighted by Gasteiger charge is 2.26. The third-order valence-corrected chi connectivity index (χ3v) is 9.08. The van der Waals surface area contributed by atoms with Crippen molar-refractivity contribution >= 4 is 5.91 Å². The molecule has 2 rings (SSSR count). The van der Waals surface area contributed by atoms with E-state index < -0.39 is 6.23 Å². The predicted octanol–water partition coefficient (Wildman–Crippen LogP) is 3.67. The second-order valence-corrected chi connectivity index (χ2v) is 12.5. The molecule has 0 spiro atoms. The van der Waals surface area contributed by atoms with Gasteiger partial charge in [-0.25, -0.2) is 0 Å². The molecule has 11 nitrogen and oxygen atoms in total. The average Bonchev–Trinajstić information content (AvgIpc) is 3.10. The number of rotatable bonds is 27. The number of nitrogens with one attached hydrogen (secondary N) is 1. The Morgan fingerprint density at radius 3 is 2.23 bits per heavy atom. The monoisotopic (exact) mass is 663 g/mol. The summed E-state index contributed by atoms with van der Waals surface area (Å²) < 4.78 is 21.8. The van der Waals surface area contributed by atoms with Crippen molar-refractivity contribution in [1.82, 2.24) is 15.1 Å². The summed E-state index contributed by atoms with van der Waals surface area (Å²) in [4.78, 5) is 17.4. The Labute approximate surface area is 284 Å². The lowest BCUT2D eigenvalue weighted by Crippen LogP contribution is -2.38. The minimum absolute atomic E-state index is 0.0224. The quantitative estimate of drug-likeness (QED) is 0.0813. The molecule has 1 amide bonds. The molecule has 0 bridgehead atoms. The zero-order valence-corrected chi connectivity index (χ0v) is 29.7. The molecule has 1 aromatic carbocycles. The van der Waals surface area contributed by atoms with Gasteiger partial charge >= 0.3 is 0 Å². The Kier molecular flexibility index (Phi) is 21.4. The molecule has 0 aromatic heterocycles. The standard InChI is InChI=1S/C36H65N5O6/c1-44-31-15-11-29(27-33(31)46-3)13-17-35(42)40(23-7-5-19-37)25-9-21-39-22-10-26-41(24-8-6-20-38)36(43)18-14-30-12-16-32(45-2)34(28-30)47-4/h11,15-16,27,30,34-35,39,42H,5-10,12-14,17-26,28,37-38H2,1-4H3. The Hall–Kier alpha value is -2.41. The topological polar surface area (TPSA) is 145 Å². The van der Waals surface area contributed by atoms with Gasteiger partial charge < -0.3 is 45.7 Å². The predicted molar refractivity (Wildman–Crippen MR) is 189 cm³/mol. The molecule has 3 unspecified atom stereocenters. The van der Waals surface area contributed by atoms with Gasteiger partial charge in [-0.05, 0) is 126 Å². The van der Waals surface area contributed by atoms with Crippen LogP contribution in [-0.2, 0) is 20.7 Å². The minimum atomic E-state index is -0.527. The largest absolute Gasteiger partial charge is 0.499 e. The van der Waals surface area contributed by atoms with E-state index in [1.807, 2.05) is 23.1 Å². The van der Waals surface area contributed by atoms with Gasteiger partial charge in [0.25, 0.3) is 0 Å². The molecule has 1 aliphatic rings. The van der Waals surface area contributed by atoms with Crippen molar-refractivity contribution in [3.63, 3.8) is 0 Å². The molecule has 11 heteroatoms. The van der Waals surface area contributed by atoms with Crippen LogP contribution in [-0.4, -0.2) is 114 Å². The van der Waals surface area contributed by atoms with E-state index in [9.17, 15) is 9.90 Å². The zero-order chi connectivity index (χ0) is 34.3. The fourth-order valence-corrected chi connectivity index (χ4v) is 6.20. The van der Waals surface area contributed by atoms with Gasteiger partial charge in [-0.15, -0.1) is 0 Å². The second kappa shape index (κ2) is 24.7. The SMILES string of the molecule is COC1=CCC(CCC(=O)N(CCCCN)CCCNCCCN(CCCCN)C(O)CCc2ccc(OC)c(OC)c2)CC1OC. The maximum absolute atomic E-state index is 13.2. The number of methoxy groups -OCH3 is 4. The summed E-state index contributed by atoms with van der Waals surface area (Å²) in [5.74, 6) is 2.95. The van der Waals surface area contributed by atoms with E-state index in [1.54, 1.807) is 28.4 Å². The number of carbonyl (C=O) groups is 1. The molecule has 6 N–H and O–H groups in total. The molecule has 0 saturated heterocycles. The van der Waals surface area contributed by atoms with E-state index >= 15 is 0 Å². The number of carbonyl (C=O) groups excluding carboxylic acids is 1. The van der Waals surface area contributed by atoms with Crippen LogP contribution in [0.3, 0.4) is 0 Å². The van der Waals surface area contributed by atoms with E-state index in [0.717, 1.165) is 115 Å². The zero-order valence-electron chi connectivity index (χ0n) is 29.7. The third-order valence-electron chi connectivity index (χ3n) is 9.08. The Morgan fingerprint density at radius 1 is 0.915 bits per heavy atom. The van der Waals surface area contributed by atoms with Crippen LogP contribution in [0, 0.1) is 5.92 Å². The van der Waals surface area contributed by atoms with Gasteiger partial charge in [0.15, 0.2) is 11.5 Å². The Balaban J connectivity index is 1.76. The molecule has 270 valence electrons. The van der Waals surface area contributed by atoms with Crippen molar-refractivity contribution in [2.75, 3.05) is 80.8 Å². The highest BCUT2D eigenvalue weighted by Crippen LogP contribution is 2.30. The van der Waals surface area contributed by atoms with E-state index in [4.69, 9.17) is 30.4 Å². The number of hydrogen-bond acceptors (Lipinski definition) is 10. The normalized spacial score (nSPS) is 17.0. The summed E-state index contributed by atoms with van der Waals surface area (Å²) in [5, 5.41) is 14.6. The first-order valence-corrected chi connectivity index (χ1v) is 17.7. The molecule has 0 radical (unpaired) electrons. The van der Waals surface area contributed by atoms with E-state index in [0.29, 0.717) is 43.3 Å². The molecule has 0 saturated carbocycles. The van der Waals surface area contributed by atoms with Gasteiger partial charge in [0.05, 0.1) is 21.3 Å². The molecule has 0 aliphatic heterocycles. The number of aliphatic hydroxyl groups excluding tert-OH is 1. The van der Waals surface area contributed by atoms with Crippen molar-refractivity contribution in [3.8, 4) is 11.5 Å². The number of benzene rings is 1. The molecular weight excluding hydrogens is 598 g/mol. The summed E-state index contributed by atoms with van der Waals surface area (Å²) in [5.41, 5.74) is 12.6. The molecular formula is C36H65N5O6.